The summed E-state index contributed by atoms with van der Waals surface area (Å²) in [6.07, 6.45) is 2.16. The Morgan fingerprint density at radius 2 is 2.08 bits per heavy atom. The summed E-state index contributed by atoms with van der Waals surface area (Å²) in [5.74, 6) is 0.366. The predicted octanol–water partition coefficient (Wildman–Crippen LogP) is 2.07. The van der Waals surface area contributed by atoms with Crippen molar-refractivity contribution in [3.8, 4) is 0 Å². The van der Waals surface area contributed by atoms with Crippen LogP contribution in [0, 0.1) is 10.1 Å². The first-order chi connectivity index (χ1) is 12.0. The summed E-state index contributed by atoms with van der Waals surface area (Å²) in [7, 11) is 0. The molecule has 1 aliphatic heterocycles. The van der Waals surface area contributed by atoms with Gasteiger partial charge in [0.2, 0.25) is 11.8 Å². The molecule has 0 spiro atoms. The summed E-state index contributed by atoms with van der Waals surface area (Å²) >= 11 is 0. The molecular weight excluding hydrogens is 320 g/mol. The molecule has 3 rings (SSSR count). The highest BCUT2D eigenvalue weighted by atomic mass is 16.6. The molecule has 2 N–H and O–H groups in total. The van der Waals surface area contributed by atoms with Gasteiger partial charge in [-0.1, -0.05) is 30.3 Å². The van der Waals surface area contributed by atoms with Crippen molar-refractivity contribution in [2.24, 2.45) is 0 Å². The van der Waals surface area contributed by atoms with Crippen molar-refractivity contribution in [2.75, 3.05) is 30.3 Å². The molecule has 1 aliphatic rings. The molecular formula is C17H22N6O2. The summed E-state index contributed by atoms with van der Waals surface area (Å²) < 4.78 is 0. The number of hydrogen-bond acceptors (Lipinski definition) is 7. The van der Waals surface area contributed by atoms with Gasteiger partial charge in [-0.3, -0.25) is 15.0 Å². The monoisotopic (exact) mass is 342 g/mol. The van der Waals surface area contributed by atoms with Crippen LogP contribution in [0.5, 0.6) is 0 Å². The van der Waals surface area contributed by atoms with Crippen LogP contribution in [0.1, 0.15) is 18.9 Å². The zero-order chi connectivity index (χ0) is 17.8. The van der Waals surface area contributed by atoms with Crippen LogP contribution < -0.4 is 10.6 Å². The number of anilines is 2. The molecule has 1 atom stereocenters. The molecule has 1 unspecified atom stereocenters. The maximum Gasteiger partial charge on any atom is 0.329 e. The molecule has 132 valence electrons. The van der Waals surface area contributed by atoms with Gasteiger partial charge in [0.1, 0.15) is 6.20 Å². The molecule has 0 saturated carbocycles. The van der Waals surface area contributed by atoms with Crippen LogP contribution >= 0.6 is 0 Å². The van der Waals surface area contributed by atoms with Crippen LogP contribution in [0.3, 0.4) is 0 Å². The van der Waals surface area contributed by atoms with Crippen molar-refractivity contribution >= 4 is 17.5 Å². The van der Waals surface area contributed by atoms with Gasteiger partial charge >= 0.3 is 5.69 Å². The van der Waals surface area contributed by atoms with Crippen molar-refractivity contribution in [3.63, 3.8) is 0 Å². The van der Waals surface area contributed by atoms with E-state index < -0.39 is 4.92 Å². The lowest BCUT2D eigenvalue weighted by Gasteiger charge is -2.29. The predicted molar refractivity (Wildman–Crippen MR) is 96.2 cm³/mol. The fourth-order valence-corrected chi connectivity index (χ4v) is 3.19. The summed E-state index contributed by atoms with van der Waals surface area (Å²) in [6.45, 7) is 5.67. The van der Waals surface area contributed by atoms with E-state index in [0.29, 0.717) is 5.95 Å². The number of nitrogens with two attached hydrogens (primary N) is 1. The summed E-state index contributed by atoms with van der Waals surface area (Å²) in [5.41, 5.74) is 6.75. The Labute approximate surface area is 146 Å². The third-order valence-corrected chi connectivity index (χ3v) is 4.42. The average molecular weight is 342 g/mol. The molecule has 25 heavy (non-hydrogen) atoms. The standard InChI is InChI=1S/C17H22N6O2/c1-13-11-21(12-14-6-3-2-4-7-14)8-5-9-22(13)17-19-10-15(23(24)25)16(18)20-17/h2-4,6-7,10,13H,5,8-9,11-12H2,1H3,(H2,18,19,20). The van der Waals surface area contributed by atoms with E-state index in [-0.39, 0.29) is 17.5 Å². The molecule has 0 bridgehead atoms. The van der Waals surface area contributed by atoms with E-state index in [1.807, 2.05) is 6.07 Å². The van der Waals surface area contributed by atoms with Crippen LogP contribution in [0.15, 0.2) is 36.5 Å². The fraction of sp³-hybridized carbons (Fsp3) is 0.412. The molecule has 2 aromatic rings. The van der Waals surface area contributed by atoms with Crippen molar-refractivity contribution in [2.45, 2.75) is 25.9 Å². The number of hydrogen-bond donors (Lipinski definition) is 1. The number of nitro groups is 1. The van der Waals surface area contributed by atoms with Crippen LogP contribution in [0.2, 0.25) is 0 Å². The zero-order valence-corrected chi connectivity index (χ0v) is 14.2. The second-order valence-electron chi connectivity index (χ2n) is 6.31. The van der Waals surface area contributed by atoms with Crippen LogP contribution in [-0.4, -0.2) is 45.5 Å². The average Bonchev–Trinajstić information content (AvgIpc) is 2.76. The third-order valence-electron chi connectivity index (χ3n) is 4.42. The van der Waals surface area contributed by atoms with Gasteiger partial charge in [0.15, 0.2) is 0 Å². The molecule has 1 aromatic carbocycles. The molecule has 1 fully saturated rings. The zero-order valence-electron chi connectivity index (χ0n) is 14.2. The van der Waals surface area contributed by atoms with E-state index in [2.05, 4.69) is 51.0 Å². The summed E-state index contributed by atoms with van der Waals surface area (Å²) in [5, 5.41) is 10.9. The van der Waals surface area contributed by atoms with Crippen LogP contribution in [-0.2, 0) is 6.54 Å². The van der Waals surface area contributed by atoms with E-state index in [9.17, 15) is 10.1 Å². The lowest BCUT2D eigenvalue weighted by Crippen LogP contribution is -2.39. The molecule has 1 saturated heterocycles. The summed E-state index contributed by atoms with van der Waals surface area (Å²) in [6, 6.07) is 10.6. The Hall–Kier alpha value is -2.74. The Balaban J connectivity index is 1.72. The Kier molecular flexibility index (Phi) is 5.08. The van der Waals surface area contributed by atoms with E-state index in [1.54, 1.807) is 0 Å². The Morgan fingerprint density at radius 3 is 2.76 bits per heavy atom. The van der Waals surface area contributed by atoms with Gasteiger partial charge in [0.05, 0.1) is 4.92 Å². The van der Waals surface area contributed by atoms with Gasteiger partial charge < -0.3 is 10.6 Å². The molecule has 8 heteroatoms. The minimum absolute atomic E-state index is 0.0902. The normalized spacial score (nSPS) is 18.8. The van der Waals surface area contributed by atoms with Gasteiger partial charge in [-0.2, -0.15) is 4.98 Å². The number of benzene rings is 1. The Bertz CT molecular complexity index is 739. The second kappa shape index (κ2) is 7.43. The van der Waals surface area contributed by atoms with E-state index in [0.717, 1.165) is 32.6 Å². The quantitative estimate of drug-likeness (QED) is 0.670. The van der Waals surface area contributed by atoms with Gasteiger partial charge in [-0.05, 0) is 18.9 Å². The van der Waals surface area contributed by atoms with Crippen LogP contribution in [0.4, 0.5) is 17.5 Å². The van der Waals surface area contributed by atoms with Crippen molar-refractivity contribution in [3.05, 3.63) is 52.2 Å². The molecule has 8 nitrogen and oxygen atoms in total. The van der Waals surface area contributed by atoms with Crippen molar-refractivity contribution in [1.82, 2.24) is 14.9 Å². The van der Waals surface area contributed by atoms with Gasteiger partial charge in [0.25, 0.3) is 0 Å². The smallest absolute Gasteiger partial charge is 0.329 e. The van der Waals surface area contributed by atoms with Crippen LogP contribution in [0.25, 0.3) is 0 Å². The van der Waals surface area contributed by atoms with E-state index >= 15 is 0 Å². The number of nitrogen functional groups attached to an aromatic ring is 1. The topological polar surface area (TPSA) is 101 Å². The lowest BCUT2D eigenvalue weighted by molar-refractivity contribution is -0.384. The lowest BCUT2D eigenvalue weighted by atomic mass is 10.2. The van der Waals surface area contributed by atoms with Gasteiger partial charge in [-0.15, -0.1) is 0 Å². The highest BCUT2D eigenvalue weighted by Crippen LogP contribution is 2.23. The molecule has 0 aliphatic carbocycles. The molecule has 0 radical (unpaired) electrons. The number of rotatable bonds is 4. The first kappa shape index (κ1) is 17.1. The second-order valence-corrected chi connectivity index (χ2v) is 6.31. The maximum absolute atomic E-state index is 10.9. The molecule has 1 aromatic heterocycles. The van der Waals surface area contributed by atoms with Gasteiger partial charge in [-0.25, -0.2) is 4.98 Å². The SMILES string of the molecule is CC1CN(Cc2ccccc2)CCCN1c1ncc([N+](=O)[O-])c(N)n1. The molecule has 0 amide bonds. The first-order valence-electron chi connectivity index (χ1n) is 8.34. The van der Waals surface area contributed by atoms with E-state index in [1.165, 1.54) is 11.8 Å². The van der Waals surface area contributed by atoms with Crippen molar-refractivity contribution in [1.29, 1.82) is 0 Å². The minimum atomic E-state index is -0.563. The van der Waals surface area contributed by atoms with Gasteiger partial charge in [0, 0.05) is 32.2 Å². The summed E-state index contributed by atoms with van der Waals surface area (Å²) in [4.78, 5) is 23.1. The largest absolute Gasteiger partial charge is 0.378 e. The maximum atomic E-state index is 10.9. The van der Waals surface area contributed by atoms with E-state index in [4.69, 9.17) is 5.73 Å². The number of nitrogens with zero attached hydrogens (tertiary/aromatic N) is 5. The highest BCUT2D eigenvalue weighted by Gasteiger charge is 2.25. The number of aromatic nitrogens is 2. The van der Waals surface area contributed by atoms with Crippen molar-refractivity contribution < 1.29 is 4.92 Å². The highest BCUT2D eigenvalue weighted by molar-refractivity contribution is 5.54. The Morgan fingerprint density at radius 1 is 1.32 bits per heavy atom. The third kappa shape index (κ3) is 4.03. The molecule has 2 heterocycles. The fourth-order valence-electron chi connectivity index (χ4n) is 3.19. The minimum Gasteiger partial charge on any atom is -0.378 e. The first-order valence-corrected chi connectivity index (χ1v) is 8.34.